The molecule has 2 aromatic heterocycles. The largest absolute Gasteiger partial charge is 0.329 e. The summed E-state index contributed by atoms with van der Waals surface area (Å²) in [6.07, 6.45) is 1.11. The molecule has 0 atom stereocenters. The van der Waals surface area contributed by atoms with Crippen LogP contribution >= 0.6 is 11.3 Å². The highest BCUT2D eigenvalue weighted by atomic mass is 32.1. The quantitative estimate of drug-likeness (QED) is 0.487. The Kier molecular flexibility index (Phi) is 5.81. The van der Waals surface area contributed by atoms with Crippen LogP contribution in [0, 0.1) is 6.92 Å². The van der Waals surface area contributed by atoms with Gasteiger partial charge in [0.25, 0.3) is 0 Å². The molecule has 1 amide bonds. The van der Waals surface area contributed by atoms with E-state index in [-0.39, 0.29) is 18.0 Å². The van der Waals surface area contributed by atoms with E-state index in [2.05, 4.69) is 17.2 Å². The average Bonchev–Trinajstić information content (AvgIpc) is 3.28. The number of thiazole rings is 1. The molecule has 4 aromatic rings. The van der Waals surface area contributed by atoms with Crippen molar-refractivity contribution < 1.29 is 4.79 Å². The molecule has 0 saturated carbocycles. The molecule has 0 aliphatic carbocycles. The Balaban J connectivity index is 1.50. The van der Waals surface area contributed by atoms with Crippen molar-refractivity contribution in [2.24, 2.45) is 0 Å². The first-order chi connectivity index (χ1) is 14.5. The van der Waals surface area contributed by atoms with E-state index in [4.69, 9.17) is 0 Å². The number of carbonyl (C=O) groups is 1. The van der Waals surface area contributed by atoms with E-state index < -0.39 is 0 Å². The number of aryl methyl sites for hydroxylation is 2. The van der Waals surface area contributed by atoms with Crippen molar-refractivity contribution in [2.45, 2.75) is 39.8 Å². The molecule has 154 valence electrons. The summed E-state index contributed by atoms with van der Waals surface area (Å²) in [6.45, 7) is 5.15. The van der Waals surface area contributed by atoms with Crippen LogP contribution in [0.4, 0.5) is 5.69 Å². The van der Waals surface area contributed by atoms with E-state index in [1.165, 1.54) is 11.3 Å². The predicted octanol–water partition coefficient (Wildman–Crippen LogP) is 4.21. The average molecular weight is 421 g/mol. The second-order valence-electron chi connectivity index (χ2n) is 7.33. The molecule has 2 heterocycles. The first-order valence-corrected chi connectivity index (χ1v) is 10.9. The molecule has 0 unspecified atom stereocenters. The van der Waals surface area contributed by atoms with E-state index in [9.17, 15) is 9.59 Å². The van der Waals surface area contributed by atoms with Gasteiger partial charge in [-0.2, -0.15) is 0 Å². The number of aromatic nitrogens is 3. The highest BCUT2D eigenvalue weighted by molar-refractivity contribution is 7.09. The smallest absolute Gasteiger partial charge is 0.326 e. The number of fused-ring (bicyclic) bond motifs is 1. The Morgan fingerprint density at radius 1 is 1.07 bits per heavy atom. The lowest BCUT2D eigenvalue weighted by atomic mass is 10.2. The van der Waals surface area contributed by atoms with Gasteiger partial charge in [-0.3, -0.25) is 13.9 Å². The van der Waals surface area contributed by atoms with Crippen LogP contribution in [0.2, 0.25) is 0 Å². The van der Waals surface area contributed by atoms with Gasteiger partial charge in [-0.15, -0.1) is 11.3 Å². The number of amides is 1. The molecule has 0 bridgehead atoms. The van der Waals surface area contributed by atoms with Crippen molar-refractivity contribution in [1.29, 1.82) is 0 Å². The molecule has 0 saturated heterocycles. The molecule has 1 N–H and O–H groups in total. The Morgan fingerprint density at radius 3 is 2.47 bits per heavy atom. The summed E-state index contributed by atoms with van der Waals surface area (Å²) >= 11 is 1.44. The fourth-order valence-corrected chi connectivity index (χ4v) is 4.29. The molecule has 0 aliphatic rings. The van der Waals surface area contributed by atoms with Gasteiger partial charge in [0.05, 0.1) is 29.7 Å². The second kappa shape index (κ2) is 8.67. The fourth-order valence-electron chi connectivity index (χ4n) is 3.51. The van der Waals surface area contributed by atoms with Crippen molar-refractivity contribution in [3.05, 3.63) is 80.7 Å². The van der Waals surface area contributed by atoms with Crippen LogP contribution in [-0.2, 0) is 24.3 Å². The maximum atomic E-state index is 12.9. The number of rotatable bonds is 7. The van der Waals surface area contributed by atoms with Crippen LogP contribution in [0.3, 0.4) is 0 Å². The van der Waals surface area contributed by atoms with Gasteiger partial charge < -0.3 is 5.32 Å². The van der Waals surface area contributed by atoms with Crippen LogP contribution in [0.1, 0.15) is 29.6 Å². The van der Waals surface area contributed by atoms with Gasteiger partial charge in [0.2, 0.25) is 5.91 Å². The van der Waals surface area contributed by atoms with E-state index in [1.54, 1.807) is 4.57 Å². The molecule has 0 fully saturated rings. The molecular formula is C23H24N4O2S. The number of carbonyl (C=O) groups excluding carboxylic acids is 1. The van der Waals surface area contributed by atoms with Gasteiger partial charge in [0.15, 0.2) is 0 Å². The van der Waals surface area contributed by atoms with E-state index >= 15 is 0 Å². The minimum Gasteiger partial charge on any atom is -0.326 e. The normalized spacial score (nSPS) is 11.1. The summed E-state index contributed by atoms with van der Waals surface area (Å²) in [7, 11) is 0. The van der Waals surface area contributed by atoms with Crippen molar-refractivity contribution >= 4 is 34.0 Å². The zero-order chi connectivity index (χ0) is 21.1. The Hall–Kier alpha value is -3.19. The van der Waals surface area contributed by atoms with Gasteiger partial charge in [-0.1, -0.05) is 36.8 Å². The fraction of sp³-hybridized carbons (Fsp3) is 0.261. The number of para-hydroxylation sites is 2. The third kappa shape index (κ3) is 4.21. The summed E-state index contributed by atoms with van der Waals surface area (Å²) in [5, 5.41) is 5.56. The maximum absolute atomic E-state index is 12.9. The SMILES string of the molecule is CCCn1c(=O)n(Cc2csc(CC(=O)Nc3ccc(C)cc3)n2)c2ccccc21. The topological polar surface area (TPSA) is 68.9 Å². The molecule has 0 spiro atoms. The first kappa shape index (κ1) is 20.1. The number of nitrogens with zero attached hydrogens (tertiary/aromatic N) is 3. The number of hydrogen-bond donors (Lipinski definition) is 1. The molecule has 4 rings (SSSR count). The molecule has 6 nitrogen and oxygen atoms in total. The summed E-state index contributed by atoms with van der Waals surface area (Å²) in [5.74, 6) is -0.100. The number of anilines is 1. The van der Waals surface area contributed by atoms with Crippen molar-refractivity contribution in [3.8, 4) is 0 Å². The van der Waals surface area contributed by atoms with Crippen molar-refractivity contribution in [3.63, 3.8) is 0 Å². The number of nitrogens with one attached hydrogen (secondary N) is 1. The van der Waals surface area contributed by atoms with Crippen molar-refractivity contribution in [1.82, 2.24) is 14.1 Å². The van der Waals surface area contributed by atoms with Gasteiger partial charge in [0.1, 0.15) is 5.01 Å². The van der Waals surface area contributed by atoms with Gasteiger partial charge in [0, 0.05) is 17.6 Å². The zero-order valence-corrected chi connectivity index (χ0v) is 17.9. The lowest BCUT2D eigenvalue weighted by Gasteiger charge is -2.04. The third-order valence-corrected chi connectivity index (χ3v) is 5.84. The number of hydrogen-bond acceptors (Lipinski definition) is 4. The molecule has 2 aromatic carbocycles. The Bertz CT molecular complexity index is 1230. The van der Waals surface area contributed by atoms with Gasteiger partial charge in [-0.25, -0.2) is 9.78 Å². The number of benzene rings is 2. The lowest BCUT2D eigenvalue weighted by Crippen LogP contribution is -2.24. The van der Waals surface area contributed by atoms with E-state index in [1.807, 2.05) is 65.4 Å². The number of imidazole rings is 1. The maximum Gasteiger partial charge on any atom is 0.329 e. The van der Waals surface area contributed by atoms with Crippen LogP contribution < -0.4 is 11.0 Å². The van der Waals surface area contributed by atoms with Gasteiger partial charge in [-0.05, 0) is 37.6 Å². The van der Waals surface area contributed by atoms with E-state index in [0.717, 1.165) is 39.4 Å². The monoisotopic (exact) mass is 420 g/mol. The molecule has 7 heteroatoms. The lowest BCUT2D eigenvalue weighted by molar-refractivity contribution is -0.115. The van der Waals surface area contributed by atoms with Crippen LogP contribution in [-0.4, -0.2) is 20.0 Å². The summed E-state index contributed by atoms with van der Waals surface area (Å²) < 4.78 is 3.58. The van der Waals surface area contributed by atoms with Gasteiger partial charge >= 0.3 is 5.69 Å². The summed E-state index contributed by atoms with van der Waals surface area (Å²) in [6, 6.07) is 15.5. The van der Waals surface area contributed by atoms with Crippen molar-refractivity contribution in [2.75, 3.05) is 5.32 Å². The highest BCUT2D eigenvalue weighted by Crippen LogP contribution is 2.17. The molecular weight excluding hydrogens is 396 g/mol. The summed E-state index contributed by atoms with van der Waals surface area (Å²) in [5.41, 5.74) is 4.54. The first-order valence-electron chi connectivity index (χ1n) is 10.0. The summed E-state index contributed by atoms with van der Waals surface area (Å²) in [4.78, 5) is 29.9. The Labute approximate surface area is 178 Å². The molecule has 30 heavy (non-hydrogen) atoms. The third-order valence-electron chi connectivity index (χ3n) is 4.94. The zero-order valence-electron chi connectivity index (χ0n) is 17.1. The minimum absolute atomic E-state index is 0.0234. The standard InChI is InChI=1S/C23H24N4O2S/c1-3-12-26-19-6-4-5-7-20(19)27(23(26)29)14-18-15-30-22(25-18)13-21(28)24-17-10-8-16(2)9-11-17/h4-11,15H,3,12-14H2,1-2H3,(H,24,28). The van der Waals surface area contributed by atoms with Crippen LogP contribution in [0.15, 0.2) is 58.7 Å². The molecule has 0 aliphatic heterocycles. The second-order valence-corrected chi connectivity index (χ2v) is 8.28. The molecule has 0 radical (unpaired) electrons. The Morgan fingerprint density at radius 2 is 1.77 bits per heavy atom. The predicted molar refractivity (Wildman–Crippen MR) is 121 cm³/mol. The van der Waals surface area contributed by atoms with Crippen LogP contribution in [0.5, 0.6) is 0 Å². The van der Waals surface area contributed by atoms with E-state index in [0.29, 0.717) is 13.1 Å². The minimum atomic E-state index is -0.100. The highest BCUT2D eigenvalue weighted by Gasteiger charge is 2.14. The van der Waals surface area contributed by atoms with Crippen LogP contribution in [0.25, 0.3) is 11.0 Å².